The van der Waals surface area contributed by atoms with E-state index in [0.717, 1.165) is 19.3 Å². The summed E-state index contributed by atoms with van der Waals surface area (Å²) in [6.45, 7) is 2.01. The van der Waals surface area contributed by atoms with Crippen LogP contribution in [0, 0.1) is 5.92 Å². The minimum Gasteiger partial charge on any atom is -0.370 e. The van der Waals surface area contributed by atoms with E-state index in [1.54, 1.807) is 0 Å². The summed E-state index contributed by atoms with van der Waals surface area (Å²) >= 11 is 0. The van der Waals surface area contributed by atoms with Crippen molar-refractivity contribution in [2.45, 2.75) is 39.0 Å². The van der Waals surface area contributed by atoms with Gasteiger partial charge in [-0.3, -0.25) is 14.4 Å². The summed E-state index contributed by atoms with van der Waals surface area (Å²) in [5, 5.41) is 0. The molecule has 0 aliphatic heterocycles. The first kappa shape index (κ1) is 13.6. The topological polar surface area (TPSA) is 103 Å². The fourth-order valence-electron chi connectivity index (χ4n) is 1.30. The summed E-state index contributed by atoms with van der Waals surface area (Å²) in [6, 6.07) is 0. The molecule has 0 aromatic heterocycles. The third kappa shape index (κ3) is 5.83. The van der Waals surface area contributed by atoms with Gasteiger partial charge in [0.25, 0.3) is 0 Å². The van der Waals surface area contributed by atoms with Crippen molar-refractivity contribution >= 4 is 17.6 Å². The van der Waals surface area contributed by atoms with E-state index in [9.17, 15) is 14.4 Å². The summed E-state index contributed by atoms with van der Waals surface area (Å²) in [6.07, 6.45) is 2.64. The molecule has 0 aromatic rings. The van der Waals surface area contributed by atoms with Crippen LogP contribution >= 0.6 is 0 Å². The van der Waals surface area contributed by atoms with Crippen LogP contribution in [-0.4, -0.2) is 17.6 Å². The Morgan fingerprint density at radius 2 is 1.73 bits per heavy atom. The number of hydrogen-bond acceptors (Lipinski definition) is 3. The molecule has 2 amide bonds. The van der Waals surface area contributed by atoms with Crippen molar-refractivity contribution in [3.8, 4) is 0 Å². The molecule has 0 radical (unpaired) electrons. The Kier molecular flexibility index (Phi) is 6.33. The number of ketones is 1. The minimum absolute atomic E-state index is 0.277. The third-order valence-electron chi connectivity index (χ3n) is 2.16. The molecule has 0 aliphatic carbocycles. The predicted octanol–water partition coefficient (Wildman–Crippen LogP) is 0.113. The summed E-state index contributed by atoms with van der Waals surface area (Å²) in [5.41, 5.74) is 9.95. The quantitative estimate of drug-likeness (QED) is 0.442. The monoisotopic (exact) mass is 214 g/mol. The van der Waals surface area contributed by atoms with Crippen LogP contribution in [-0.2, 0) is 14.4 Å². The number of nitrogens with two attached hydrogens (primary N) is 2. The van der Waals surface area contributed by atoms with Crippen LogP contribution in [0.5, 0.6) is 0 Å². The van der Waals surface area contributed by atoms with Gasteiger partial charge in [0.2, 0.25) is 11.8 Å². The highest BCUT2D eigenvalue weighted by Gasteiger charge is 2.25. The second-order valence-corrected chi connectivity index (χ2v) is 3.55. The Labute approximate surface area is 89.2 Å². The maximum Gasteiger partial charge on any atom is 0.228 e. The maximum atomic E-state index is 11.5. The van der Waals surface area contributed by atoms with E-state index in [1.807, 2.05) is 6.92 Å². The molecule has 0 saturated carbocycles. The van der Waals surface area contributed by atoms with Crippen LogP contribution in [0.25, 0.3) is 0 Å². The molecule has 5 nitrogen and oxygen atoms in total. The number of rotatable bonds is 8. The highest BCUT2D eigenvalue weighted by molar-refractivity contribution is 6.03. The van der Waals surface area contributed by atoms with Gasteiger partial charge in [0, 0.05) is 12.8 Å². The van der Waals surface area contributed by atoms with Gasteiger partial charge in [0.05, 0.1) is 0 Å². The smallest absolute Gasteiger partial charge is 0.228 e. The largest absolute Gasteiger partial charge is 0.370 e. The Morgan fingerprint density at radius 1 is 1.13 bits per heavy atom. The molecule has 1 unspecified atom stereocenters. The van der Waals surface area contributed by atoms with Gasteiger partial charge in [-0.2, -0.15) is 0 Å². The molecule has 15 heavy (non-hydrogen) atoms. The number of Topliss-reactive ketones (excluding diaryl/α,β-unsaturated/α-hetero) is 1. The Bertz CT molecular complexity index is 251. The van der Waals surface area contributed by atoms with Crippen molar-refractivity contribution in [3.63, 3.8) is 0 Å². The number of hydrogen-bond donors (Lipinski definition) is 2. The van der Waals surface area contributed by atoms with Gasteiger partial charge in [0.1, 0.15) is 11.7 Å². The van der Waals surface area contributed by atoms with Gasteiger partial charge in [-0.05, 0) is 6.42 Å². The minimum atomic E-state index is -1.04. The van der Waals surface area contributed by atoms with Gasteiger partial charge >= 0.3 is 0 Å². The lowest BCUT2D eigenvalue weighted by molar-refractivity contribution is -0.135. The van der Waals surface area contributed by atoms with Gasteiger partial charge in [-0.25, -0.2) is 0 Å². The molecule has 0 heterocycles. The van der Waals surface area contributed by atoms with Crippen LogP contribution in [0.15, 0.2) is 0 Å². The molecule has 0 bridgehead atoms. The van der Waals surface area contributed by atoms with Crippen LogP contribution in [0.3, 0.4) is 0 Å². The fraction of sp³-hybridized carbons (Fsp3) is 0.700. The molecule has 1 atom stereocenters. The van der Waals surface area contributed by atoms with E-state index in [2.05, 4.69) is 0 Å². The SMILES string of the molecule is CCCCCC(=O)C(CC(N)=O)C(N)=O. The Balaban J connectivity index is 4.17. The normalized spacial score (nSPS) is 12.1. The molecule has 86 valence electrons. The summed E-state index contributed by atoms with van der Waals surface area (Å²) in [7, 11) is 0. The number of carbonyl (C=O) groups is 3. The van der Waals surface area contributed by atoms with Crippen LogP contribution in [0.2, 0.25) is 0 Å². The first-order chi connectivity index (χ1) is 6.99. The standard InChI is InChI=1S/C10H18N2O3/c1-2-3-4-5-8(13)7(10(12)15)6-9(11)14/h7H,2-6H2,1H3,(H2,11,14)(H2,12,15). The van der Waals surface area contributed by atoms with Gasteiger partial charge in [-0.15, -0.1) is 0 Å². The molecular weight excluding hydrogens is 196 g/mol. The fourth-order valence-corrected chi connectivity index (χ4v) is 1.30. The van der Waals surface area contributed by atoms with Crippen molar-refractivity contribution in [1.82, 2.24) is 0 Å². The summed E-state index contributed by atoms with van der Waals surface area (Å²) < 4.78 is 0. The summed E-state index contributed by atoms with van der Waals surface area (Å²) in [4.78, 5) is 33.0. The van der Waals surface area contributed by atoms with Crippen molar-refractivity contribution < 1.29 is 14.4 Å². The van der Waals surface area contributed by atoms with Gasteiger partial charge in [0.15, 0.2) is 0 Å². The molecule has 0 spiro atoms. The lowest BCUT2D eigenvalue weighted by Crippen LogP contribution is -2.34. The van der Waals surface area contributed by atoms with E-state index >= 15 is 0 Å². The zero-order valence-corrected chi connectivity index (χ0v) is 8.99. The maximum absolute atomic E-state index is 11.5. The first-order valence-electron chi connectivity index (χ1n) is 5.09. The zero-order chi connectivity index (χ0) is 11.8. The first-order valence-corrected chi connectivity index (χ1v) is 5.09. The molecule has 0 saturated heterocycles. The van der Waals surface area contributed by atoms with E-state index in [1.165, 1.54) is 0 Å². The van der Waals surface area contributed by atoms with Crippen molar-refractivity contribution in [1.29, 1.82) is 0 Å². The second-order valence-electron chi connectivity index (χ2n) is 3.55. The number of carbonyl (C=O) groups excluding carboxylic acids is 3. The van der Waals surface area contributed by atoms with E-state index in [0.29, 0.717) is 0 Å². The van der Waals surface area contributed by atoms with Crippen molar-refractivity contribution in [2.24, 2.45) is 17.4 Å². The van der Waals surface area contributed by atoms with Gasteiger partial charge in [-0.1, -0.05) is 19.8 Å². The molecular formula is C10H18N2O3. The lowest BCUT2D eigenvalue weighted by atomic mass is 9.95. The number of primary amides is 2. The number of amides is 2. The highest BCUT2D eigenvalue weighted by atomic mass is 16.2. The third-order valence-corrected chi connectivity index (χ3v) is 2.16. The lowest BCUT2D eigenvalue weighted by Gasteiger charge is -2.09. The Hall–Kier alpha value is -1.39. The highest BCUT2D eigenvalue weighted by Crippen LogP contribution is 2.10. The molecule has 0 rings (SSSR count). The number of unbranched alkanes of at least 4 members (excludes halogenated alkanes) is 2. The van der Waals surface area contributed by atoms with Crippen LogP contribution < -0.4 is 11.5 Å². The van der Waals surface area contributed by atoms with E-state index in [4.69, 9.17) is 11.5 Å². The van der Waals surface area contributed by atoms with Crippen LogP contribution in [0.4, 0.5) is 0 Å². The zero-order valence-electron chi connectivity index (χ0n) is 8.99. The second kappa shape index (κ2) is 6.98. The van der Waals surface area contributed by atoms with Crippen molar-refractivity contribution in [2.75, 3.05) is 0 Å². The van der Waals surface area contributed by atoms with E-state index in [-0.39, 0.29) is 18.6 Å². The Morgan fingerprint density at radius 3 is 2.13 bits per heavy atom. The molecule has 5 heteroatoms. The summed E-state index contributed by atoms with van der Waals surface area (Å²) in [5.74, 6) is -2.77. The average molecular weight is 214 g/mol. The average Bonchev–Trinajstić information content (AvgIpc) is 2.13. The van der Waals surface area contributed by atoms with Gasteiger partial charge < -0.3 is 11.5 Å². The van der Waals surface area contributed by atoms with Crippen molar-refractivity contribution in [3.05, 3.63) is 0 Å². The molecule has 0 aliphatic rings. The molecule has 0 aromatic carbocycles. The molecule has 4 N–H and O–H groups in total. The van der Waals surface area contributed by atoms with Crippen LogP contribution in [0.1, 0.15) is 39.0 Å². The molecule has 0 fully saturated rings. The van der Waals surface area contributed by atoms with E-state index < -0.39 is 17.7 Å². The predicted molar refractivity (Wildman–Crippen MR) is 55.6 cm³/mol.